The molecule has 0 saturated heterocycles. The molecule has 1 atom stereocenters. The number of halogens is 3. The van der Waals surface area contributed by atoms with Crippen LogP contribution in [0, 0.1) is 0 Å². The first-order chi connectivity index (χ1) is 9.46. The van der Waals surface area contributed by atoms with E-state index in [1.165, 1.54) is 24.1 Å². The van der Waals surface area contributed by atoms with E-state index in [0.29, 0.717) is 12.0 Å². The van der Waals surface area contributed by atoms with Crippen LogP contribution in [0.1, 0.15) is 43.7 Å². The summed E-state index contributed by atoms with van der Waals surface area (Å²) in [5.41, 5.74) is 7.68. The molecule has 1 aromatic carbocycles. The van der Waals surface area contributed by atoms with Gasteiger partial charge < -0.3 is 10.5 Å². The van der Waals surface area contributed by atoms with Crippen LogP contribution in [0.3, 0.4) is 0 Å². The van der Waals surface area contributed by atoms with Crippen LogP contribution in [0.5, 0.6) is 5.75 Å². The summed E-state index contributed by atoms with van der Waals surface area (Å²) in [6, 6.07) is 5.61. The third kappa shape index (κ3) is 4.27. The van der Waals surface area contributed by atoms with Gasteiger partial charge in [0.1, 0.15) is 5.75 Å². The minimum absolute atomic E-state index is 0.205. The fourth-order valence-electron chi connectivity index (χ4n) is 2.49. The van der Waals surface area contributed by atoms with E-state index in [9.17, 15) is 13.2 Å². The number of alkyl halides is 3. The van der Waals surface area contributed by atoms with E-state index < -0.39 is 12.4 Å². The average Bonchev–Trinajstić information content (AvgIpc) is 2.38. The van der Waals surface area contributed by atoms with Crippen LogP contribution in [0.4, 0.5) is 13.2 Å². The zero-order valence-corrected chi connectivity index (χ0v) is 11.1. The lowest BCUT2D eigenvalue weighted by atomic mass is 9.92. The van der Waals surface area contributed by atoms with Gasteiger partial charge in [-0.05, 0) is 38.2 Å². The van der Waals surface area contributed by atoms with Crippen LogP contribution in [-0.4, -0.2) is 6.36 Å². The Morgan fingerprint density at radius 3 is 2.60 bits per heavy atom. The van der Waals surface area contributed by atoms with Crippen molar-refractivity contribution in [1.82, 2.24) is 0 Å². The number of nitrogens with two attached hydrogens (primary N) is 1. The molecule has 0 radical (unpaired) electrons. The molecule has 5 heteroatoms. The third-order valence-corrected chi connectivity index (χ3v) is 3.41. The van der Waals surface area contributed by atoms with Gasteiger partial charge in [0, 0.05) is 11.6 Å². The second-order valence-corrected chi connectivity index (χ2v) is 5.00. The monoisotopic (exact) mass is 285 g/mol. The van der Waals surface area contributed by atoms with Crippen molar-refractivity contribution in [2.75, 3.05) is 0 Å². The fraction of sp³-hybridized carbons (Fsp3) is 0.467. The van der Waals surface area contributed by atoms with Gasteiger partial charge in [0.25, 0.3) is 0 Å². The van der Waals surface area contributed by atoms with E-state index in [4.69, 9.17) is 5.73 Å². The van der Waals surface area contributed by atoms with Gasteiger partial charge >= 0.3 is 6.36 Å². The molecule has 2 N–H and O–H groups in total. The molecule has 1 aliphatic rings. The molecular formula is C15H18F3NO. The highest BCUT2D eigenvalue weighted by atomic mass is 19.4. The molecule has 0 spiro atoms. The highest BCUT2D eigenvalue weighted by Crippen LogP contribution is 2.33. The third-order valence-electron chi connectivity index (χ3n) is 3.41. The molecule has 20 heavy (non-hydrogen) atoms. The molecule has 0 heterocycles. The van der Waals surface area contributed by atoms with Crippen LogP contribution in [0.15, 0.2) is 35.9 Å². The lowest BCUT2D eigenvalue weighted by Gasteiger charge is -2.20. The number of ether oxygens (including phenoxy) is 1. The van der Waals surface area contributed by atoms with Crippen molar-refractivity contribution in [2.24, 2.45) is 5.73 Å². The summed E-state index contributed by atoms with van der Waals surface area (Å²) in [7, 11) is 0. The second kappa shape index (κ2) is 6.31. The first-order valence-corrected chi connectivity index (χ1v) is 6.74. The van der Waals surface area contributed by atoms with Gasteiger partial charge in [-0.3, -0.25) is 0 Å². The van der Waals surface area contributed by atoms with E-state index in [0.717, 1.165) is 19.3 Å². The van der Waals surface area contributed by atoms with Crippen molar-refractivity contribution in [1.29, 1.82) is 0 Å². The quantitative estimate of drug-likeness (QED) is 0.828. The maximum atomic E-state index is 12.4. The van der Waals surface area contributed by atoms with Gasteiger partial charge in [0.05, 0.1) is 0 Å². The normalized spacial score (nSPS) is 17.5. The smallest absolute Gasteiger partial charge is 0.405 e. The highest BCUT2D eigenvalue weighted by Gasteiger charge is 2.32. The van der Waals surface area contributed by atoms with Crippen molar-refractivity contribution < 1.29 is 17.9 Å². The van der Waals surface area contributed by atoms with Crippen LogP contribution < -0.4 is 10.5 Å². The van der Waals surface area contributed by atoms with E-state index >= 15 is 0 Å². The first-order valence-electron chi connectivity index (χ1n) is 6.74. The number of allylic oxidation sites excluding steroid dienone is 1. The van der Waals surface area contributed by atoms with Gasteiger partial charge in [-0.25, -0.2) is 0 Å². The Hall–Kier alpha value is -1.49. The average molecular weight is 285 g/mol. The molecular weight excluding hydrogens is 267 g/mol. The molecule has 0 saturated carbocycles. The maximum Gasteiger partial charge on any atom is 0.573 e. The predicted octanol–water partition coefficient (Wildman–Crippen LogP) is 4.48. The fourth-order valence-corrected chi connectivity index (χ4v) is 2.49. The number of rotatable bonds is 4. The van der Waals surface area contributed by atoms with Gasteiger partial charge in [0.2, 0.25) is 0 Å². The van der Waals surface area contributed by atoms with E-state index in [1.807, 2.05) is 0 Å². The Labute approximate surface area is 116 Å². The van der Waals surface area contributed by atoms with Gasteiger partial charge in [-0.15, -0.1) is 13.2 Å². The van der Waals surface area contributed by atoms with Crippen molar-refractivity contribution >= 4 is 0 Å². The minimum atomic E-state index is -4.69. The van der Waals surface area contributed by atoms with Crippen molar-refractivity contribution in [3.8, 4) is 5.75 Å². The summed E-state index contributed by atoms with van der Waals surface area (Å²) in [5.74, 6) is -0.205. The molecule has 1 aliphatic carbocycles. The van der Waals surface area contributed by atoms with Crippen LogP contribution >= 0.6 is 0 Å². The largest absolute Gasteiger partial charge is 0.573 e. The second-order valence-electron chi connectivity index (χ2n) is 5.00. The van der Waals surface area contributed by atoms with Crippen molar-refractivity contribution in [2.45, 2.75) is 44.5 Å². The zero-order chi connectivity index (χ0) is 14.6. The summed E-state index contributed by atoms with van der Waals surface area (Å²) in [6.07, 6.45) is 2.35. The molecule has 0 aliphatic heterocycles. The molecule has 2 nitrogen and oxygen atoms in total. The lowest BCUT2D eigenvalue weighted by molar-refractivity contribution is -0.275. The Balaban J connectivity index is 2.12. The molecule has 0 fully saturated rings. The maximum absolute atomic E-state index is 12.4. The summed E-state index contributed by atoms with van der Waals surface area (Å²) in [4.78, 5) is 0. The van der Waals surface area contributed by atoms with E-state index in [2.05, 4.69) is 10.8 Å². The predicted molar refractivity (Wildman–Crippen MR) is 71.2 cm³/mol. The van der Waals surface area contributed by atoms with Crippen LogP contribution in [0.25, 0.3) is 0 Å². The van der Waals surface area contributed by atoms with Gasteiger partial charge in [0.15, 0.2) is 0 Å². The summed E-state index contributed by atoms with van der Waals surface area (Å²) >= 11 is 0. The summed E-state index contributed by atoms with van der Waals surface area (Å²) < 4.78 is 41.2. The molecule has 1 unspecified atom stereocenters. The Morgan fingerprint density at radius 2 is 1.95 bits per heavy atom. The van der Waals surface area contributed by atoms with Gasteiger partial charge in [-0.1, -0.05) is 29.8 Å². The summed E-state index contributed by atoms with van der Waals surface area (Å²) in [5, 5.41) is 0. The highest BCUT2D eigenvalue weighted by molar-refractivity contribution is 5.36. The lowest BCUT2D eigenvalue weighted by Crippen LogP contribution is -2.20. The Morgan fingerprint density at radius 1 is 1.20 bits per heavy atom. The molecule has 110 valence electrons. The van der Waals surface area contributed by atoms with E-state index in [-0.39, 0.29) is 5.75 Å². The molecule has 0 bridgehead atoms. The number of hydrogen-bond donors (Lipinski definition) is 1. The number of para-hydroxylation sites is 1. The standard InChI is InChI=1S/C15H18F3NO/c16-15(17,18)20-14-9-5-4-8-12(14)13(19)10-11-6-2-1-3-7-11/h4-6,8-9,13H,1-3,7,10,19H2. The van der Waals surface area contributed by atoms with Crippen LogP contribution in [-0.2, 0) is 0 Å². The number of hydrogen-bond acceptors (Lipinski definition) is 2. The molecule has 1 aromatic rings. The first kappa shape index (κ1) is 14.9. The van der Waals surface area contributed by atoms with Crippen molar-refractivity contribution in [3.63, 3.8) is 0 Å². The van der Waals surface area contributed by atoms with Crippen molar-refractivity contribution in [3.05, 3.63) is 41.5 Å². The Bertz CT molecular complexity index is 482. The SMILES string of the molecule is NC(CC1=CCCCC1)c1ccccc1OC(F)(F)F. The number of benzene rings is 1. The van der Waals surface area contributed by atoms with E-state index in [1.54, 1.807) is 12.1 Å². The molecule has 0 amide bonds. The zero-order valence-electron chi connectivity index (χ0n) is 11.1. The van der Waals surface area contributed by atoms with Crippen LogP contribution in [0.2, 0.25) is 0 Å². The molecule has 2 rings (SSSR count). The Kier molecular flexibility index (Phi) is 4.70. The minimum Gasteiger partial charge on any atom is -0.405 e. The summed E-state index contributed by atoms with van der Waals surface area (Å²) in [6.45, 7) is 0. The van der Waals surface area contributed by atoms with Gasteiger partial charge in [-0.2, -0.15) is 0 Å². The topological polar surface area (TPSA) is 35.2 Å². The molecule has 0 aromatic heterocycles.